The van der Waals surface area contributed by atoms with Gasteiger partial charge in [-0.2, -0.15) is 5.26 Å². The maximum absolute atomic E-state index is 12.6. The Balaban J connectivity index is 1.72. The van der Waals surface area contributed by atoms with Crippen molar-refractivity contribution in [3.63, 3.8) is 0 Å². The Hall–Kier alpha value is -3.64. The molecule has 0 spiro atoms. The number of para-hydroxylation sites is 1. The molecule has 0 saturated carbocycles. The van der Waals surface area contributed by atoms with Gasteiger partial charge in [0.15, 0.2) is 5.78 Å². The van der Waals surface area contributed by atoms with Gasteiger partial charge in [-0.3, -0.25) is 4.79 Å². The van der Waals surface area contributed by atoms with Crippen LogP contribution in [0.2, 0.25) is 0 Å². The van der Waals surface area contributed by atoms with Gasteiger partial charge in [0.1, 0.15) is 12.4 Å². The van der Waals surface area contributed by atoms with E-state index in [1.54, 1.807) is 42.5 Å². The van der Waals surface area contributed by atoms with E-state index >= 15 is 0 Å². The Bertz CT molecular complexity index is 952. The number of benzene rings is 3. The SMILES string of the molecule is N#Cc1ccc(C=CC(=O)c2ccccc2OCc2ccccc2)cc1. The van der Waals surface area contributed by atoms with Gasteiger partial charge in [0.05, 0.1) is 17.2 Å². The average molecular weight is 339 g/mol. The minimum atomic E-state index is -0.127. The number of ketones is 1. The highest BCUT2D eigenvalue weighted by molar-refractivity contribution is 6.08. The van der Waals surface area contributed by atoms with Gasteiger partial charge in [-0.15, -0.1) is 0 Å². The highest BCUT2D eigenvalue weighted by Crippen LogP contribution is 2.21. The van der Waals surface area contributed by atoms with Gasteiger partial charge in [0, 0.05) is 0 Å². The van der Waals surface area contributed by atoms with Crippen molar-refractivity contribution < 1.29 is 9.53 Å². The summed E-state index contributed by atoms with van der Waals surface area (Å²) in [5.74, 6) is 0.434. The molecule has 3 aromatic carbocycles. The number of hydrogen-bond acceptors (Lipinski definition) is 3. The molecule has 0 heterocycles. The highest BCUT2D eigenvalue weighted by atomic mass is 16.5. The molecule has 0 fully saturated rings. The molecule has 0 aliphatic rings. The first-order valence-electron chi connectivity index (χ1n) is 8.24. The standard InChI is InChI=1S/C23H17NO2/c24-16-19-12-10-18(11-13-19)14-15-22(25)21-8-4-5-9-23(21)26-17-20-6-2-1-3-7-20/h1-15H,17H2. The van der Waals surface area contributed by atoms with E-state index in [-0.39, 0.29) is 5.78 Å². The Labute approximate surface area is 152 Å². The van der Waals surface area contributed by atoms with Crippen LogP contribution in [0, 0.1) is 11.3 Å². The van der Waals surface area contributed by atoms with Crippen LogP contribution in [0.3, 0.4) is 0 Å². The quantitative estimate of drug-likeness (QED) is 0.467. The van der Waals surface area contributed by atoms with Gasteiger partial charge in [-0.05, 0) is 41.5 Å². The van der Waals surface area contributed by atoms with Crippen molar-refractivity contribution in [1.82, 2.24) is 0 Å². The van der Waals surface area contributed by atoms with E-state index in [0.29, 0.717) is 23.5 Å². The smallest absolute Gasteiger partial charge is 0.189 e. The van der Waals surface area contributed by atoms with Crippen LogP contribution in [0.1, 0.15) is 27.0 Å². The van der Waals surface area contributed by atoms with Crippen molar-refractivity contribution in [2.24, 2.45) is 0 Å². The summed E-state index contributed by atoms with van der Waals surface area (Å²) >= 11 is 0. The minimum absolute atomic E-state index is 0.127. The summed E-state index contributed by atoms with van der Waals surface area (Å²) in [7, 11) is 0. The van der Waals surface area contributed by atoms with Crippen LogP contribution in [-0.2, 0) is 6.61 Å². The van der Waals surface area contributed by atoms with E-state index in [0.717, 1.165) is 11.1 Å². The third-order valence-corrected chi connectivity index (χ3v) is 3.86. The Morgan fingerprint density at radius 2 is 1.62 bits per heavy atom. The minimum Gasteiger partial charge on any atom is -0.488 e. The molecule has 0 atom stereocenters. The zero-order valence-electron chi connectivity index (χ0n) is 14.1. The summed E-state index contributed by atoms with van der Waals surface area (Å²) in [6, 6.07) is 26.2. The van der Waals surface area contributed by atoms with E-state index in [4.69, 9.17) is 10.00 Å². The van der Waals surface area contributed by atoms with Gasteiger partial charge >= 0.3 is 0 Å². The predicted molar refractivity (Wildman–Crippen MR) is 102 cm³/mol. The molecule has 0 aliphatic carbocycles. The number of hydrogen-bond donors (Lipinski definition) is 0. The lowest BCUT2D eigenvalue weighted by atomic mass is 10.1. The molecule has 0 radical (unpaired) electrons. The zero-order valence-corrected chi connectivity index (χ0v) is 14.1. The number of nitriles is 1. The summed E-state index contributed by atoms with van der Waals surface area (Å²) in [5, 5.41) is 8.82. The van der Waals surface area contributed by atoms with Crippen molar-refractivity contribution >= 4 is 11.9 Å². The van der Waals surface area contributed by atoms with Crippen LogP contribution in [0.4, 0.5) is 0 Å². The number of nitrogens with zero attached hydrogens (tertiary/aromatic N) is 1. The van der Waals surface area contributed by atoms with Crippen LogP contribution < -0.4 is 4.74 Å². The second-order valence-electron chi connectivity index (χ2n) is 5.70. The number of carbonyl (C=O) groups excluding carboxylic acids is 1. The second-order valence-corrected chi connectivity index (χ2v) is 5.70. The summed E-state index contributed by atoms with van der Waals surface area (Å²) in [4.78, 5) is 12.6. The van der Waals surface area contributed by atoms with E-state index in [1.165, 1.54) is 6.08 Å². The molecular weight excluding hydrogens is 322 g/mol. The fourth-order valence-corrected chi connectivity index (χ4v) is 2.46. The lowest BCUT2D eigenvalue weighted by Crippen LogP contribution is -2.02. The largest absolute Gasteiger partial charge is 0.488 e. The van der Waals surface area contributed by atoms with E-state index in [9.17, 15) is 4.79 Å². The number of rotatable bonds is 6. The first kappa shape index (κ1) is 17.2. The number of carbonyl (C=O) groups is 1. The summed E-state index contributed by atoms with van der Waals surface area (Å²) in [5.41, 5.74) is 3.02. The van der Waals surface area contributed by atoms with Gasteiger partial charge in [-0.1, -0.05) is 60.7 Å². The Morgan fingerprint density at radius 1 is 0.923 bits per heavy atom. The van der Waals surface area contributed by atoms with Crippen molar-refractivity contribution in [1.29, 1.82) is 5.26 Å². The van der Waals surface area contributed by atoms with Crippen LogP contribution in [-0.4, -0.2) is 5.78 Å². The fourth-order valence-electron chi connectivity index (χ4n) is 2.46. The van der Waals surface area contributed by atoms with Crippen molar-refractivity contribution in [2.75, 3.05) is 0 Å². The molecule has 3 rings (SSSR count). The van der Waals surface area contributed by atoms with Crippen molar-refractivity contribution in [3.8, 4) is 11.8 Å². The summed E-state index contributed by atoms with van der Waals surface area (Å²) < 4.78 is 5.84. The monoisotopic (exact) mass is 339 g/mol. The van der Waals surface area contributed by atoms with E-state index < -0.39 is 0 Å². The molecular formula is C23H17NO2. The number of allylic oxidation sites excluding steroid dienone is 1. The third-order valence-electron chi connectivity index (χ3n) is 3.86. The van der Waals surface area contributed by atoms with E-state index in [2.05, 4.69) is 6.07 Å². The van der Waals surface area contributed by atoms with Crippen molar-refractivity contribution in [2.45, 2.75) is 6.61 Å². The second kappa shape index (κ2) is 8.46. The highest BCUT2D eigenvalue weighted by Gasteiger charge is 2.09. The van der Waals surface area contributed by atoms with Crippen LogP contribution in [0.25, 0.3) is 6.08 Å². The molecule has 0 aliphatic heterocycles. The molecule has 0 amide bonds. The van der Waals surface area contributed by atoms with E-state index in [1.807, 2.05) is 42.5 Å². The molecule has 26 heavy (non-hydrogen) atoms. The molecule has 0 saturated heterocycles. The summed E-state index contributed by atoms with van der Waals surface area (Å²) in [6.45, 7) is 0.407. The topological polar surface area (TPSA) is 50.1 Å². The molecule has 0 bridgehead atoms. The van der Waals surface area contributed by atoms with Crippen LogP contribution >= 0.6 is 0 Å². The van der Waals surface area contributed by atoms with Crippen LogP contribution in [0.15, 0.2) is 84.9 Å². The first-order chi connectivity index (χ1) is 12.8. The number of ether oxygens (including phenoxy) is 1. The lowest BCUT2D eigenvalue weighted by molar-refractivity contribution is 0.104. The van der Waals surface area contributed by atoms with Gasteiger partial charge in [0.25, 0.3) is 0 Å². The fraction of sp³-hybridized carbons (Fsp3) is 0.0435. The third kappa shape index (κ3) is 4.46. The molecule has 0 unspecified atom stereocenters. The molecule has 3 heteroatoms. The maximum atomic E-state index is 12.6. The Morgan fingerprint density at radius 3 is 2.35 bits per heavy atom. The van der Waals surface area contributed by atoms with Gasteiger partial charge in [-0.25, -0.2) is 0 Å². The Kier molecular flexibility index (Phi) is 5.59. The van der Waals surface area contributed by atoms with Gasteiger partial charge < -0.3 is 4.74 Å². The zero-order chi connectivity index (χ0) is 18.2. The average Bonchev–Trinajstić information content (AvgIpc) is 2.72. The molecule has 3 aromatic rings. The maximum Gasteiger partial charge on any atom is 0.189 e. The summed E-state index contributed by atoms with van der Waals surface area (Å²) in [6.07, 6.45) is 3.25. The molecule has 0 N–H and O–H groups in total. The molecule has 3 nitrogen and oxygen atoms in total. The molecule has 126 valence electrons. The lowest BCUT2D eigenvalue weighted by Gasteiger charge is -2.09. The van der Waals surface area contributed by atoms with Gasteiger partial charge in [0.2, 0.25) is 0 Å². The normalized spacial score (nSPS) is 10.4. The van der Waals surface area contributed by atoms with Crippen LogP contribution in [0.5, 0.6) is 5.75 Å². The van der Waals surface area contributed by atoms with Crippen molar-refractivity contribution in [3.05, 3.63) is 107 Å². The first-order valence-corrected chi connectivity index (χ1v) is 8.24. The predicted octanol–water partition coefficient (Wildman–Crippen LogP) is 5.03. The molecule has 0 aromatic heterocycles.